The highest BCUT2D eigenvalue weighted by Gasteiger charge is 2.18. The highest BCUT2D eigenvalue weighted by Crippen LogP contribution is 2.10. The van der Waals surface area contributed by atoms with E-state index in [2.05, 4.69) is 0 Å². The van der Waals surface area contributed by atoms with Gasteiger partial charge in [0.05, 0.1) is 0 Å². The molecule has 0 unspecified atom stereocenters. The number of carbonyl (C=O) groups is 2. The number of nitrogens with zero attached hydrogens (tertiary/aromatic N) is 1. The number of Topliss-reactive ketones (excluding diaryl/α,β-unsaturated/α-hetero) is 1. The Kier molecular flexibility index (Phi) is 7.07. The number of hydrogen-bond acceptors (Lipinski definition) is 2. The lowest BCUT2D eigenvalue weighted by atomic mass is 10.2. The molecule has 0 aromatic heterocycles. The lowest BCUT2D eigenvalue weighted by Gasteiger charge is -2.14. The molecule has 0 aliphatic carbocycles. The molecule has 0 N–H and O–H groups in total. The van der Waals surface area contributed by atoms with E-state index in [9.17, 15) is 9.59 Å². The molecule has 0 aromatic rings. The monoisotopic (exact) mass is 199 g/mol. The van der Waals surface area contributed by atoms with Crippen LogP contribution in [0.1, 0.15) is 46.5 Å². The van der Waals surface area contributed by atoms with E-state index in [1.165, 1.54) is 0 Å². The SMILES string of the molecule is CC.CC(=O)CCCN1CCCC1=O. The molecule has 1 amide bonds. The van der Waals surface area contributed by atoms with Crippen LogP contribution in [0.25, 0.3) is 0 Å². The fraction of sp³-hybridized carbons (Fsp3) is 0.818. The maximum atomic E-state index is 11.1. The van der Waals surface area contributed by atoms with Crippen LogP contribution in [-0.2, 0) is 9.59 Å². The molecule has 1 heterocycles. The summed E-state index contributed by atoms with van der Waals surface area (Å²) in [6, 6.07) is 0. The van der Waals surface area contributed by atoms with Crippen molar-refractivity contribution in [3.8, 4) is 0 Å². The van der Waals surface area contributed by atoms with E-state index in [1.54, 1.807) is 6.92 Å². The maximum absolute atomic E-state index is 11.1. The lowest BCUT2D eigenvalue weighted by molar-refractivity contribution is -0.128. The average Bonchev–Trinajstić information content (AvgIpc) is 2.55. The molecule has 0 atom stereocenters. The van der Waals surface area contributed by atoms with Crippen molar-refractivity contribution in [1.82, 2.24) is 4.90 Å². The second-order valence-electron chi connectivity index (χ2n) is 3.29. The highest BCUT2D eigenvalue weighted by molar-refractivity contribution is 5.78. The zero-order valence-corrected chi connectivity index (χ0v) is 9.51. The van der Waals surface area contributed by atoms with Gasteiger partial charge in [0.2, 0.25) is 5.91 Å². The molecule has 0 aromatic carbocycles. The van der Waals surface area contributed by atoms with Gasteiger partial charge in [0.25, 0.3) is 0 Å². The van der Waals surface area contributed by atoms with Gasteiger partial charge in [0, 0.05) is 25.9 Å². The normalized spacial score (nSPS) is 15.1. The zero-order valence-electron chi connectivity index (χ0n) is 9.51. The van der Waals surface area contributed by atoms with Crippen LogP contribution in [0, 0.1) is 0 Å². The Morgan fingerprint density at radius 2 is 2.07 bits per heavy atom. The minimum atomic E-state index is 0.210. The molecule has 3 heteroatoms. The van der Waals surface area contributed by atoms with Crippen molar-refractivity contribution in [3.63, 3.8) is 0 Å². The largest absolute Gasteiger partial charge is 0.343 e. The van der Waals surface area contributed by atoms with Gasteiger partial charge in [-0.1, -0.05) is 13.8 Å². The van der Waals surface area contributed by atoms with Gasteiger partial charge >= 0.3 is 0 Å². The molecule has 82 valence electrons. The van der Waals surface area contributed by atoms with Crippen molar-refractivity contribution in [2.24, 2.45) is 0 Å². The molecule has 1 rings (SSSR count). The van der Waals surface area contributed by atoms with Crippen LogP contribution in [-0.4, -0.2) is 29.7 Å². The first kappa shape index (κ1) is 13.1. The number of rotatable bonds is 4. The fourth-order valence-electron chi connectivity index (χ4n) is 1.46. The summed E-state index contributed by atoms with van der Waals surface area (Å²) in [5.74, 6) is 0.459. The van der Waals surface area contributed by atoms with E-state index in [-0.39, 0.29) is 11.7 Å². The van der Waals surface area contributed by atoms with Gasteiger partial charge in [0.1, 0.15) is 5.78 Å². The Hall–Kier alpha value is -0.860. The van der Waals surface area contributed by atoms with Crippen molar-refractivity contribution in [2.45, 2.75) is 46.5 Å². The summed E-state index contributed by atoms with van der Waals surface area (Å²) < 4.78 is 0. The van der Waals surface area contributed by atoms with E-state index in [0.29, 0.717) is 12.8 Å². The molecule has 3 nitrogen and oxygen atoms in total. The lowest BCUT2D eigenvalue weighted by Crippen LogP contribution is -2.25. The summed E-state index contributed by atoms with van der Waals surface area (Å²) in [7, 11) is 0. The van der Waals surface area contributed by atoms with Crippen LogP contribution in [0.3, 0.4) is 0 Å². The topological polar surface area (TPSA) is 37.4 Å². The van der Waals surface area contributed by atoms with Crippen LogP contribution in [0.2, 0.25) is 0 Å². The quantitative estimate of drug-likeness (QED) is 0.694. The summed E-state index contributed by atoms with van der Waals surface area (Å²) in [6.45, 7) is 7.24. The predicted octanol–water partition coefficient (Wildman–Crippen LogP) is 2.00. The standard InChI is InChI=1S/C9H15NO2.C2H6/c1-8(11)4-2-6-10-7-3-5-9(10)12;1-2/h2-7H2,1H3;1-2H3. The van der Waals surface area contributed by atoms with Gasteiger partial charge in [-0.15, -0.1) is 0 Å². The number of hydrogen-bond donors (Lipinski definition) is 0. The third kappa shape index (κ3) is 5.00. The second-order valence-corrected chi connectivity index (χ2v) is 3.29. The average molecular weight is 199 g/mol. The molecular weight excluding hydrogens is 178 g/mol. The Morgan fingerprint density at radius 1 is 1.43 bits per heavy atom. The molecule has 1 aliphatic rings. The first-order valence-corrected chi connectivity index (χ1v) is 5.47. The molecular formula is C11H21NO2. The van der Waals surface area contributed by atoms with Gasteiger partial charge in [-0.25, -0.2) is 0 Å². The summed E-state index contributed by atoms with van der Waals surface area (Å²) in [4.78, 5) is 23.5. The van der Waals surface area contributed by atoms with E-state index < -0.39 is 0 Å². The summed E-state index contributed by atoms with van der Waals surface area (Å²) in [5.41, 5.74) is 0. The Morgan fingerprint density at radius 3 is 2.50 bits per heavy atom. The third-order valence-electron chi connectivity index (χ3n) is 2.13. The van der Waals surface area contributed by atoms with Gasteiger partial charge < -0.3 is 9.69 Å². The van der Waals surface area contributed by atoms with Crippen molar-refractivity contribution in [1.29, 1.82) is 0 Å². The molecule has 0 saturated carbocycles. The second kappa shape index (κ2) is 7.54. The molecule has 1 saturated heterocycles. The van der Waals surface area contributed by atoms with Crippen molar-refractivity contribution < 1.29 is 9.59 Å². The number of likely N-dealkylation sites (tertiary alicyclic amines) is 1. The third-order valence-corrected chi connectivity index (χ3v) is 2.13. The van der Waals surface area contributed by atoms with E-state index in [4.69, 9.17) is 0 Å². The van der Waals surface area contributed by atoms with E-state index >= 15 is 0 Å². The summed E-state index contributed by atoms with van der Waals surface area (Å²) >= 11 is 0. The molecule has 14 heavy (non-hydrogen) atoms. The van der Waals surface area contributed by atoms with Crippen LogP contribution in [0.15, 0.2) is 0 Å². The molecule has 0 radical (unpaired) electrons. The predicted molar refractivity (Wildman–Crippen MR) is 57.1 cm³/mol. The van der Waals surface area contributed by atoms with Gasteiger partial charge in [-0.2, -0.15) is 0 Å². The van der Waals surface area contributed by atoms with Crippen molar-refractivity contribution in [3.05, 3.63) is 0 Å². The van der Waals surface area contributed by atoms with Crippen LogP contribution in [0.4, 0.5) is 0 Å². The van der Waals surface area contributed by atoms with Crippen LogP contribution in [0.5, 0.6) is 0 Å². The molecule has 0 bridgehead atoms. The Bertz CT molecular complexity index is 190. The minimum Gasteiger partial charge on any atom is -0.343 e. The molecule has 0 spiro atoms. The number of carbonyl (C=O) groups excluding carboxylic acids is 2. The highest BCUT2D eigenvalue weighted by atomic mass is 16.2. The number of ketones is 1. The van der Waals surface area contributed by atoms with Crippen LogP contribution >= 0.6 is 0 Å². The van der Waals surface area contributed by atoms with Gasteiger partial charge in [-0.3, -0.25) is 4.79 Å². The van der Waals surface area contributed by atoms with Crippen molar-refractivity contribution >= 4 is 11.7 Å². The summed E-state index contributed by atoms with van der Waals surface area (Å²) in [5, 5.41) is 0. The zero-order chi connectivity index (χ0) is 11.0. The van der Waals surface area contributed by atoms with E-state index in [0.717, 1.165) is 25.9 Å². The van der Waals surface area contributed by atoms with Gasteiger partial charge in [-0.05, 0) is 19.8 Å². The molecule has 1 aliphatic heterocycles. The summed E-state index contributed by atoms with van der Waals surface area (Å²) in [6.07, 6.45) is 3.10. The van der Waals surface area contributed by atoms with Crippen LogP contribution < -0.4 is 0 Å². The fourth-order valence-corrected chi connectivity index (χ4v) is 1.46. The molecule has 1 fully saturated rings. The Labute approximate surface area is 86.5 Å². The smallest absolute Gasteiger partial charge is 0.222 e. The minimum absolute atomic E-state index is 0.210. The Balaban J connectivity index is 0.000000791. The van der Waals surface area contributed by atoms with Gasteiger partial charge in [0.15, 0.2) is 0 Å². The maximum Gasteiger partial charge on any atom is 0.222 e. The number of amides is 1. The van der Waals surface area contributed by atoms with Crippen molar-refractivity contribution in [2.75, 3.05) is 13.1 Å². The first-order valence-electron chi connectivity index (χ1n) is 5.47. The van der Waals surface area contributed by atoms with E-state index in [1.807, 2.05) is 18.7 Å². The first-order chi connectivity index (χ1) is 6.70.